The van der Waals surface area contributed by atoms with Gasteiger partial charge in [-0.25, -0.2) is 0 Å². The molecular formula is C42H56O3. The van der Waals surface area contributed by atoms with Crippen LogP contribution >= 0.6 is 0 Å². The fraction of sp³-hybridized carbons (Fsp3) is 0.548. The van der Waals surface area contributed by atoms with Gasteiger partial charge in [0.1, 0.15) is 0 Å². The third-order valence-electron chi connectivity index (χ3n) is 11.0. The van der Waals surface area contributed by atoms with E-state index in [9.17, 15) is 9.90 Å². The molecule has 0 aromatic heterocycles. The summed E-state index contributed by atoms with van der Waals surface area (Å²) in [6.07, 6.45) is 14.8. The maximum absolute atomic E-state index is 11.6. The molecule has 5 unspecified atom stereocenters. The lowest BCUT2D eigenvalue weighted by atomic mass is 9.63. The Morgan fingerprint density at radius 1 is 0.756 bits per heavy atom. The highest BCUT2D eigenvalue weighted by Crippen LogP contribution is 2.50. The number of carbonyl (C=O) groups is 1. The summed E-state index contributed by atoms with van der Waals surface area (Å²) in [4.78, 5) is 11.6. The molecule has 2 aliphatic carbocycles. The van der Waals surface area contributed by atoms with Crippen LogP contribution in [0.15, 0.2) is 66.7 Å². The lowest BCUT2D eigenvalue weighted by molar-refractivity contribution is -0.143. The highest BCUT2D eigenvalue weighted by molar-refractivity contribution is 5.68. The van der Waals surface area contributed by atoms with E-state index in [0.29, 0.717) is 25.4 Å². The lowest BCUT2D eigenvalue weighted by Gasteiger charge is -2.42. The average molecular weight is 609 g/mol. The number of aliphatic hydroxyl groups is 1. The summed E-state index contributed by atoms with van der Waals surface area (Å²) < 4.78 is 5.36. The zero-order valence-electron chi connectivity index (χ0n) is 28.1. The normalized spacial score (nSPS) is 22.0. The van der Waals surface area contributed by atoms with Crippen molar-refractivity contribution in [2.45, 2.75) is 122 Å². The second-order valence-electron chi connectivity index (χ2n) is 13.9. The third-order valence-corrected chi connectivity index (χ3v) is 11.0. The molecule has 2 aliphatic rings. The number of fused-ring (bicyclic) bond motifs is 1. The number of esters is 1. The van der Waals surface area contributed by atoms with E-state index in [4.69, 9.17) is 4.74 Å². The maximum Gasteiger partial charge on any atom is 0.305 e. The Hall–Kier alpha value is -2.91. The predicted molar refractivity (Wildman–Crippen MR) is 186 cm³/mol. The minimum Gasteiger partial charge on any atom is -0.465 e. The average Bonchev–Trinajstić information content (AvgIpc) is 3.09. The van der Waals surface area contributed by atoms with Crippen LogP contribution in [0.1, 0.15) is 135 Å². The molecule has 2 fully saturated rings. The van der Waals surface area contributed by atoms with Crippen LogP contribution in [0.5, 0.6) is 0 Å². The van der Waals surface area contributed by atoms with Gasteiger partial charge in [-0.05, 0) is 133 Å². The van der Waals surface area contributed by atoms with Crippen LogP contribution in [0.4, 0.5) is 0 Å². The number of benzene rings is 3. The molecule has 3 aromatic carbocycles. The van der Waals surface area contributed by atoms with Crippen molar-refractivity contribution in [2.75, 3.05) is 13.2 Å². The first-order valence-corrected chi connectivity index (χ1v) is 18.1. The number of aliphatic hydroxyl groups excluding tert-OH is 1. The van der Waals surface area contributed by atoms with Crippen molar-refractivity contribution in [2.24, 2.45) is 11.8 Å². The number of hydrogen-bond acceptors (Lipinski definition) is 3. The molecular weight excluding hydrogens is 552 g/mol. The molecule has 5 atom stereocenters. The minimum atomic E-state index is -0.190. The number of aryl methyl sites for hydroxylation is 4. The van der Waals surface area contributed by atoms with E-state index < -0.39 is 0 Å². The molecule has 0 saturated heterocycles. The summed E-state index contributed by atoms with van der Waals surface area (Å²) in [5.41, 5.74) is 10.1. The molecule has 0 heterocycles. The van der Waals surface area contributed by atoms with Crippen LogP contribution in [-0.2, 0) is 35.2 Å². The highest BCUT2D eigenvalue weighted by Gasteiger charge is 2.36. The van der Waals surface area contributed by atoms with Gasteiger partial charge >= 0.3 is 5.97 Å². The van der Waals surface area contributed by atoms with Crippen LogP contribution in [0.3, 0.4) is 0 Å². The van der Waals surface area contributed by atoms with E-state index >= 15 is 0 Å². The molecule has 3 nitrogen and oxygen atoms in total. The van der Waals surface area contributed by atoms with Gasteiger partial charge in [-0.3, -0.25) is 4.79 Å². The van der Waals surface area contributed by atoms with Crippen molar-refractivity contribution in [1.82, 2.24) is 0 Å². The quantitative estimate of drug-likeness (QED) is 0.185. The SMILES string of the molecule is CCCc1ccc(C2CCC3CC(c4ccc(CCc5ccc(C(CCO)COC(=O)CC)cc5)cc4)CCC3C2)cc1CC. The summed E-state index contributed by atoms with van der Waals surface area (Å²) in [6, 6.07) is 25.6. The summed E-state index contributed by atoms with van der Waals surface area (Å²) >= 11 is 0. The minimum absolute atomic E-state index is 0.0360. The van der Waals surface area contributed by atoms with Gasteiger partial charge in [-0.1, -0.05) is 93.9 Å². The van der Waals surface area contributed by atoms with Crippen LogP contribution in [0.2, 0.25) is 0 Å². The Labute approximate surface area is 272 Å². The van der Waals surface area contributed by atoms with Crippen molar-refractivity contribution in [3.8, 4) is 0 Å². The van der Waals surface area contributed by atoms with E-state index in [1.54, 1.807) is 29.2 Å². The van der Waals surface area contributed by atoms with E-state index in [0.717, 1.165) is 42.6 Å². The van der Waals surface area contributed by atoms with Crippen LogP contribution < -0.4 is 0 Å². The summed E-state index contributed by atoms with van der Waals surface area (Å²) in [6.45, 7) is 6.82. The van der Waals surface area contributed by atoms with Crippen molar-refractivity contribution in [1.29, 1.82) is 0 Å². The molecule has 2 saturated carbocycles. The molecule has 3 heteroatoms. The van der Waals surface area contributed by atoms with Gasteiger partial charge < -0.3 is 9.84 Å². The first-order chi connectivity index (χ1) is 22.0. The summed E-state index contributed by atoms with van der Waals surface area (Å²) in [5.74, 6) is 3.11. The van der Waals surface area contributed by atoms with Crippen LogP contribution in [0.25, 0.3) is 0 Å². The maximum atomic E-state index is 11.6. The van der Waals surface area contributed by atoms with Gasteiger partial charge in [0.15, 0.2) is 0 Å². The van der Waals surface area contributed by atoms with Gasteiger partial charge in [0.25, 0.3) is 0 Å². The predicted octanol–water partition coefficient (Wildman–Crippen LogP) is 9.87. The Bertz CT molecular complexity index is 1340. The standard InChI is InChI=1S/C42H56O3/c1-4-7-33-18-19-37(26-32(33)5-2)39-23-22-38-27-36(20-21-40(38)28-39)34-14-10-30(11-15-34)8-9-31-12-16-35(17-13-31)41(24-25-43)29-45-42(44)6-3/h10-19,26,36,38-41,43H,4-9,20-25,27-29H2,1-3H3. The molecule has 1 N–H and O–H groups in total. The summed E-state index contributed by atoms with van der Waals surface area (Å²) in [7, 11) is 0. The molecule has 242 valence electrons. The monoisotopic (exact) mass is 608 g/mol. The van der Waals surface area contributed by atoms with Crippen molar-refractivity contribution in [3.63, 3.8) is 0 Å². The van der Waals surface area contributed by atoms with Gasteiger partial charge in [-0.15, -0.1) is 0 Å². The molecule has 0 amide bonds. The van der Waals surface area contributed by atoms with Gasteiger partial charge in [0.05, 0.1) is 6.61 Å². The fourth-order valence-electron chi connectivity index (χ4n) is 8.24. The highest BCUT2D eigenvalue weighted by atomic mass is 16.5. The number of carbonyl (C=O) groups excluding carboxylic acids is 1. The molecule has 45 heavy (non-hydrogen) atoms. The van der Waals surface area contributed by atoms with Gasteiger partial charge in [0, 0.05) is 18.9 Å². The Morgan fingerprint density at radius 3 is 1.93 bits per heavy atom. The Balaban J connectivity index is 1.10. The van der Waals surface area contributed by atoms with Crippen molar-refractivity contribution < 1.29 is 14.6 Å². The zero-order chi connectivity index (χ0) is 31.6. The molecule has 0 aliphatic heterocycles. The first kappa shape index (κ1) is 33.5. The molecule has 5 rings (SSSR count). The first-order valence-electron chi connectivity index (χ1n) is 18.1. The number of hydrogen-bond donors (Lipinski definition) is 1. The van der Waals surface area contributed by atoms with E-state index in [1.807, 2.05) is 0 Å². The molecule has 0 radical (unpaired) electrons. The zero-order valence-corrected chi connectivity index (χ0v) is 28.1. The largest absolute Gasteiger partial charge is 0.465 e. The van der Waals surface area contributed by atoms with E-state index in [-0.39, 0.29) is 18.5 Å². The van der Waals surface area contributed by atoms with Crippen molar-refractivity contribution in [3.05, 3.63) is 106 Å². The molecule has 3 aromatic rings. The lowest BCUT2D eigenvalue weighted by Crippen LogP contribution is -2.29. The number of ether oxygens (including phenoxy) is 1. The third kappa shape index (κ3) is 8.88. The second kappa shape index (κ2) is 16.6. The fourth-order valence-corrected chi connectivity index (χ4v) is 8.24. The van der Waals surface area contributed by atoms with Gasteiger partial charge in [-0.2, -0.15) is 0 Å². The van der Waals surface area contributed by atoms with Gasteiger partial charge in [0.2, 0.25) is 0 Å². The second-order valence-corrected chi connectivity index (χ2v) is 13.9. The Kier molecular flexibility index (Phi) is 12.3. The van der Waals surface area contributed by atoms with E-state index in [1.165, 1.54) is 62.5 Å². The van der Waals surface area contributed by atoms with Crippen LogP contribution in [-0.4, -0.2) is 24.3 Å². The van der Waals surface area contributed by atoms with E-state index in [2.05, 4.69) is 80.6 Å². The summed E-state index contributed by atoms with van der Waals surface area (Å²) in [5, 5.41) is 9.48. The van der Waals surface area contributed by atoms with Crippen LogP contribution in [0, 0.1) is 11.8 Å². The molecule has 0 bridgehead atoms. The Morgan fingerprint density at radius 2 is 1.36 bits per heavy atom. The molecule has 0 spiro atoms. The van der Waals surface area contributed by atoms with Crippen molar-refractivity contribution >= 4 is 5.97 Å². The number of rotatable bonds is 14. The topological polar surface area (TPSA) is 46.5 Å². The smallest absolute Gasteiger partial charge is 0.305 e.